The van der Waals surface area contributed by atoms with Gasteiger partial charge in [0.05, 0.1) is 0 Å². The average molecular weight is 592 g/mol. The molecule has 1 aromatic carbocycles. The van der Waals surface area contributed by atoms with Gasteiger partial charge in [0, 0.05) is 26.1 Å². The van der Waals surface area contributed by atoms with Gasteiger partial charge in [-0.05, 0) is 62.3 Å². The Hall–Kier alpha value is -4.20. The summed E-state index contributed by atoms with van der Waals surface area (Å²) >= 11 is 0. The molecule has 0 aliphatic heterocycles. The number of rotatable bonds is 18. The smallest absolute Gasteiger partial charge is 0.312 e. The van der Waals surface area contributed by atoms with Crippen LogP contribution < -0.4 is 38.1 Å². The monoisotopic (exact) mass is 591 g/mol. The van der Waals surface area contributed by atoms with E-state index in [4.69, 9.17) is 16.2 Å². The summed E-state index contributed by atoms with van der Waals surface area (Å²) in [5.74, 6) is -2.75. The first-order chi connectivity index (χ1) is 19.8. The highest BCUT2D eigenvalue weighted by Gasteiger charge is 2.31. The van der Waals surface area contributed by atoms with E-state index in [-0.39, 0.29) is 31.4 Å². The molecule has 1 rings (SSSR count). The van der Waals surface area contributed by atoms with Crippen LogP contribution in [0.1, 0.15) is 65.4 Å². The molecule has 3 atom stereocenters. The standard InChI is InChI=1S/C28H45N7O7/c1-17(2)24(35-26(39)22(32-18(3)36)8-5-6-14-29)27(40)34-23(9-7-15-31-28(30)41)25(38)33-21-12-10-20(11-13-21)16-42-19(4)37/h10-13,17,22-24H,5-9,14-16,29H2,1-4H3,(H,32,36)(H,33,38)(H,34,40)(H,35,39)(H3,30,31,41)/t22-,23-,24?/m0/s1. The molecule has 9 N–H and O–H groups in total. The number of esters is 1. The van der Waals surface area contributed by atoms with Crippen molar-refractivity contribution in [3.05, 3.63) is 29.8 Å². The van der Waals surface area contributed by atoms with Crippen molar-refractivity contribution in [1.29, 1.82) is 0 Å². The van der Waals surface area contributed by atoms with Gasteiger partial charge in [0.1, 0.15) is 24.7 Å². The molecule has 1 aromatic rings. The number of hydrogen-bond acceptors (Lipinski definition) is 8. The molecule has 0 aromatic heterocycles. The topological polar surface area (TPSA) is 224 Å². The molecule has 0 bridgehead atoms. The number of hydrogen-bond donors (Lipinski definition) is 7. The molecule has 0 aliphatic carbocycles. The fourth-order valence-electron chi connectivity index (χ4n) is 3.94. The van der Waals surface area contributed by atoms with Gasteiger partial charge in [0.15, 0.2) is 0 Å². The Morgan fingerprint density at radius 1 is 0.810 bits per heavy atom. The van der Waals surface area contributed by atoms with Gasteiger partial charge in [0.2, 0.25) is 23.6 Å². The molecule has 14 heteroatoms. The molecule has 0 spiro atoms. The molecule has 14 nitrogen and oxygen atoms in total. The largest absolute Gasteiger partial charge is 0.461 e. The van der Waals surface area contributed by atoms with Gasteiger partial charge in [-0.3, -0.25) is 24.0 Å². The molecule has 0 saturated heterocycles. The van der Waals surface area contributed by atoms with Crippen LogP contribution in [0.2, 0.25) is 0 Å². The highest BCUT2D eigenvalue weighted by atomic mass is 16.5. The lowest BCUT2D eigenvalue weighted by Crippen LogP contribution is -2.57. The summed E-state index contributed by atoms with van der Waals surface area (Å²) in [5, 5.41) is 13.2. The molecule has 6 amide bonds. The minimum Gasteiger partial charge on any atom is -0.461 e. The first kappa shape index (κ1) is 35.8. The van der Waals surface area contributed by atoms with Crippen LogP contribution in [-0.4, -0.2) is 66.8 Å². The molecule has 0 radical (unpaired) electrons. The molecular weight excluding hydrogens is 546 g/mol. The lowest BCUT2D eigenvalue weighted by Gasteiger charge is -2.27. The van der Waals surface area contributed by atoms with Crippen molar-refractivity contribution in [2.45, 2.75) is 84.5 Å². The number of nitrogens with one attached hydrogen (secondary N) is 5. The first-order valence-corrected chi connectivity index (χ1v) is 14.0. The Labute approximate surface area is 246 Å². The maximum Gasteiger partial charge on any atom is 0.312 e. The van der Waals surface area contributed by atoms with Crippen LogP contribution in [0.5, 0.6) is 0 Å². The van der Waals surface area contributed by atoms with Crippen molar-refractivity contribution in [2.24, 2.45) is 17.4 Å². The normalized spacial score (nSPS) is 12.8. The minimum absolute atomic E-state index is 0.0905. The van der Waals surface area contributed by atoms with E-state index < -0.39 is 47.8 Å². The number of unbranched alkanes of at least 4 members (excludes halogenated alkanes) is 1. The summed E-state index contributed by atoms with van der Waals surface area (Å²) in [6.45, 7) is 6.83. The van der Waals surface area contributed by atoms with Crippen LogP contribution in [0, 0.1) is 5.92 Å². The molecular formula is C28H45N7O7. The number of carbonyl (C=O) groups is 6. The van der Waals surface area contributed by atoms with Gasteiger partial charge in [-0.2, -0.15) is 0 Å². The Morgan fingerprint density at radius 3 is 1.98 bits per heavy atom. The third-order valence-corrected chi connectivity index (χ3v) is 6.15. The van der Waals surface area contributed by atoms with E-state index in [2.05, 4.69) is 26.6 Å². The van der Waals surface area contributed by atoms with Gasteiger partial charge in [-0.25, -0.2) is 4.79 Å². The number of anilines is 1. The molecule has 1 unspecified atom stereocenters. The quantitative estimate of drug-likeness (QED) is 0.0932. The van der Waals surface area contributed by atoms with E-state index in [1.54, 1.807) is 38.1 Å². The zero-order valence-electron chi connectivity index (χ0n) is 24.8. The number of carbonyl (C=O) groups excluding carboxylic acids is 6. The minimum atomic E-state index is -1.01. The van der Waals surface area contributed by atoms with Crippen LogP contribution in [0.25, 0.3) is 0 Å². The predicted octanol–water partition coefficient (Wildman–Crippen LogP) is 0.396. The summed E-state index contributed by atoms with van der Waals surface area (Å²) in [5.41, 5.74) is 11.8. The van der Waals surface area contributed by atoms with Crippen molar-refractivity contribution in [3.63, 3.8) is 0 Å². The Balaban J connectivity index is 3.01. The third-order valence-electron chi connectivity index (χ3n) is 6.15. The molecule has 0 fully saturated rings. The van der Waals surface area contributed by atoms with Crippen LogP contribution in [-0.2, 0) is 35.3 Å². The number of amides is 6. The van der Waals surface area contributed by atoms with Crippen LogP contribution in [0.3, 0.4) is 0 Å². The van der Waals surface area contributed by atoms with E-state index in [0.29, 0.717) is 37.9 Å². The molecule has 234 valence electrons. The zero-order chi connectivity index (χ0) is 31.7. The van der Waals surface area contributed by atoms with Crippen molar-refractivity contribution in [2.75, 3.05) is 18.4 Å². The summed E-state index contributed by atoms with van der Waals surface area (Å²) in [6.07, 6.45) is 2.13. The van der Waals surface area contributed by atoms with Crippen LogP contribution in [0.15, 0.2) is 24.3 Å². The molecule has 42 heavy (non-hydrogen) atoms. The molecule has 0 aliphatic rings. The van der Waals surface area contributed by atoms with E-state index in [1.165, 1.54) is 13.8 Å². The summed E-state index contributed by atoms with van der Waals surface area (Å²) in [4.78, 5) is 73.4. The van der Waals surface area contributed by atoms with E-state index in [0.717, 1.165) is 5.56 Å². The van der Waals surface area contributed by atoms with E-state index >= 15 is 0 Å². The van der Waals surface area contributed by atoms with Crippen LogP contribution >= 0.6 is 0 Å². The summed E-state index contributed by atoms with van der Waals surface area (Å²) in [6, 6.07) is 3.08. The Kier molecular flexibility index (Phi) is 16.2. The second kappa shape index (κ2) is 19.0. The summed E-state index contributed by atoms with van der Waals surface area (Å²) in [7, 11) is 0. The molecule has 0 saturated carbocycles. The van der Waals surface area contributed by atoms with Gasteiger partial charge in [0.25, 0.3) is 0 Å². The lowest BCUT2D eigenvalue weighted by atomic mass is 10.0. The average Bonchev–Trinajstić information content (AvgIpc) is 2.91. The fourth-order valence-corrected chi connectivity index (χ4v) is 3.94. The lowest BCUT2D eigenvalue weighted by molar-refractivity contribution is -0.142. The van der Waals surface area contributed by atoms with Crippen molar-refractivity contribution in [1.82, 2.24) is 21.3 Å². The fraction of sp³-hybridized carbons (Fsp3) is 0.571. The van der Waals surface area contributed by atoms with Gasteiger partial charge < -0.3 is 42.8 Å². The van der Waals surface area contributed by atoms with Gasteiger partial charge in [-0.15, -0.1) is 0 Å². The predicted molar refractivity (Wildman–Crippen MR) is 157 cm³/mol. The third kappa shape index (κ3) is 14.4. The van der Waals surface area contributed by atoms with Gasteiger partial charge >= 0.3 is 12.0 Å². The van der Waals surface area contributed by atoms with Gasteiger partial charge in [-0.1, -0.05) is 26.0 Å². The number of benzene rings is 1. The maximum absolute atomic E-state index is 13.4. The highest BCUT2D eigenvalue weighted by molar-refractivity contribution is 5.99. The Bertz CT molecular complexity index is 1060. The number of ether oxygens (including phenoxy) is 1. The van der Waals surface area contributed by atoms with Crippen molar-refractivity contribution >= 4 is 41.3 Å². The molecule has 0 heterocycles. The Morgan fingerprint density at radius 2 is 1.43 bits per heavy atom. The second-order valence-corrected chi connectivity index (χ2v) is 10.2. The number of nitrogens with two attached hydrogens (primary N) is 2. The first-order valence-electron chi connectivity index (χ1n) is 14.0. The number of primary amides is 1. The van der Waals surface area contributed by atoms with Crippen LogP contribution in [0.4, 0.5) is 10.5 Å². The van der Waals surface area contributed by atoms with Crippen molar-refractivity contribution in [3.8, 4) is 0 Å². The van der Waals surface area contributed by atoms with Crippen molar-refractivity contribution < 1.29 is 33.5 Å². The maximum atomic E-state index is 13.4. The zero-order valence-corrected chi connectivity index (χ0v) is 24.8. The van der Waals surface area contributed by atoms with E-state index in [1.807, 2.05) is 0 Å². The number of urea groups is 1. The SMILES string of the molecule is CC(=O)N[C@@H](CCCCN)C(=O)NC(C(=O)N[C@@H](CCCNC(N)=O)C(=O)Nc1ccc(COC(C)=O)cc1)C(C)C. The summed E-state index contributed by atoms with van der Waals surface area (Å²) < 4.78 is 4.96. The van der Waals surface area contributed by atoms with E-state index in [9.17, 15) is 28.8 Å². The highest BCUT2D eigenvalue weighted by Crippen LogP contribution is 2.13. The second-order valence-electron chi connectivity index (χ2n) is 10.2.